The first-order valence-electron chi connectivity index (χ1n) is 5.97. The molecule has 0 radical (unpaired) electrons. The van der Waals surface area contributed by atoms with Gasteiger partial charge in [0.1, 0.15) is 11.5 Å². The molecule has 100 valence electrons. The molecule has 0 bridgehead atoms. The van der Waals surface area contributed by atoms with Crippen molar-refractivity contribution in [3.05, 3.63) is 23.8 Å². The van der Waals surface area contributed by atoms with E-state index in [9.17, 15) is 15.0 Å². The summed E-state index contributed by atoms with van der Waals surface area (Å²) in [5, 5.41) is 19.0. The van der Waals surface area contributed by atoms with Gasteiger partial charge in [-0.05, 0) is 24.6 Å². The van der Waals surface area contributed by atoms with E-state index in [-0.39, 0.29) is 23.0 Å². The Morgan fingerprint density at radius 1 is 1.33 bits per heavy atom. The molecule has 0 atom stereocenters. The molecule has 0 unspecified atom stereocenters. The summed E-state index contributed by atoms with van der Waals surface area (Å²) >= 11 is 5.67. The Labute approximate surface area is 112 Å². The second-order valence-corrected chi connectivity index (χ2v) is 4.41. The molecular weight excluding hydrogens is 254 g/mol. The monoisotopic (exact) mass is 271 g/mol. The van der Waals surface area contributed by atoms with Crippen LogP contribution in [-0.2, 0) is 0 Å². The van der Waals surface area contributed by atoms with Gasteiger partial charge in [0, 0.05) is 19.0 Å². The van der Waals surface area contributed by atoms with E-state index in [1.807, 2.05) is 6.92 Å². The quantitative estimate of drug-likeness (QED) is 0.617. The van der Waals surface area contributed by atoms with Gasteiger partial charge in [-0.15, -0.1) is 11.6 Å². The molecule has 0 spiro atoms. The summed E-state index contributed by atoms with van der Waals surface area (Å²) in [7, 11) is 0. The lowest BCUT2D eigenvalue weighted by Crippen LogP contribution is -2.33. The highest BCUT2D eigenvalue weighted by molar-refractivity contribution is 6.18. The molecular formula is C13H18ClNO3. The smallest absolute Gasteiger partial charge is 0.257 e. The minimum Gasteiger partial charge on any atom is -0.508 e. The molecule has 0 saturated carbocycles. The molecule has 1 aromatic rings. The van der Waals surface area contributed by atoms with Crippen LogP contribution < -0.4 is 0 Å². The van der Waals surface area contributed by atoms with Gasteiger partial charge in [-0.3, -0.25) is 4.79 Å². The number of aromatic hydroxyl groups is 2. The Balaban J connectivity index is 2.90. The Morgan fingerprint density at radius 3 is 2.67 bits per heavy atom. The van der Waals surface area contributed by atoms with E-state index in [1.165, 1.54) is 18.2 Å². The van der Waals surface area contributed by atoms with E-state index in [0.717, 1.165) is 12.8 Å². The molecule has 1 aromatic carbocycles. The van der Waals surface area contributed by atoms with E-state index >= 15 is 0 Å². The third-order valence-corrected chi connectivity index (χ3v) is 2.80. The third kappa shape index (κ3) is 3.81. The molecule has 0 heterocycles. The molecule has 1 amide bonds. The van der Waals surface area contributed by atoms with Crippen LogP contribution in [0.25, 0.3) is 0 Å². The standard InChI is InChI=1S/C13H18ClNO3/c1-2-3-7-15(8-6-14)13(18)11-9-10(16)4-5-12(11)17/h4-5,9,16-17H,2-3,6-8H2,1H3. The normalized spacial score (nSPS) is 10.3. The highest BCUT2D eigenvalue weighted by atomic mass is 35.5. The number of carbonyl (C=O) groups is 1. The summed E-state index contributed by atoms with van der Waals surface area (Å²) in [6.07, 6.45) is 1.85. The average molecular weight is 272 g/mol. The van der Waals surface area contributed by atoms with Crippen LogP contribution in [0.1, 0.15) is 30.1 Å². The van der Waals surface area contributed by atoms with Crippen LogP contribution in [-0.4, -0.2) is 40.0 Å². The number of amides is 1. The number of phenols is 2. The van der Waals surface area contributed by atoms with Crippen LogP contribution in [0.2, 0.25) is 0 Å². The van der Waals surface area contributed by atoms with Gasteiger partial charge in [0.25, 0.3) is 5.91 Å². The lowest BCUT2D eigenvalue weighted by atomic mass is 10.1. The summed E-state index contributed by atoms with van der Waals surface area (Å²) in [4.78, 5) is 13.8. The Kier molecular flexibility index (Phi) is 5.78. The first kappa shape index (κ1) is 14.6. The fourth-order valence-corrected chi connectivity index (χ4v) is 1.84. The number of rotatable bonds is 6. The minimum atomic E-state index is -0.308. The number of hydrogen-bond acceptors (Lipinski definition) is 3. The molecule has 2 N–H and O–H groups in total. The zero-order valence-electron chi connectivity index (χ0n) is 10.4. The molecule has 0 aliphatic heterocycles. The lowest BCUT2D eigenvalue weighted by Gasteiger charge is -2.22. The number of hydrogen-bond donors (Lipinski definition) is 2. The molecule has 0 aromatic heterocycles. The van der Waals surface area contributed by atoms with Crippen molar-refractivity contribution < 1.29 is 15.0 Å². The number of benzene rings is 1. The molecule has 0 saturated heterocycles. The highest BCUT2D eigenvalue weighted by Crippen LogP contribution is 2.23. The number of unbranched alkanes of at least 4 members (excludes halogenated alkanes) is 1. The van der Waals surface area contributed by atoms with Gasteiger partial charge in [0.05, 0.1) is 5.56 Å². The fraction of sp³-hybridized carbons (Fsp3) is 0.462. The van der Waals surface area contributed by atoms with Crippen molar-refractivity contribution >= 4 is 17.5 Å². The maximum Gasteiger partial charge on any atom is 0.257 e. The van der Waals surface area contributed by atoms with Crippen molar-refractivity contribution in [1.29, 1.82) is 0 Å². The van der Waals surface area contributed by atoms with Gasteiger partial charge in [0.2, 0.25) is 0 Å². The number of carbonyl (C=O) groups excluding carboxylic acids is 1. The second kappa shape index (κ2) is 7.11. The summed E-state index contributed by atoms with van der Waals surface area (Å²) in [6, 6.07) is 3.91. The van der Waals surface area contributed by atoms with Crippen molar-refractivity contribution in [2.24, 2.45) is 0 Å². The van der Waals surface area contributed by atoms with Crippen LogP contribution in [0.3, 0.4) is 0 Å². The van der Waals surface area contributed by atoms with E-state index in [0.29, 0.717) is 19.0 Å². The SMILES string of the molecule is CCCCN(CCCl)C(=O)c1cc(O)ccc1O. The van der Waals surface area contributed by atoms with Gasteiger partial charge < -0.3 is 15.1 Å². The van der Waals surface area contributed by atoms with Crippen molar-refractivity contribution in [2.75, 3.05) is 19.0 Å². The molecule has 0 aliphatic rings. The van der Waals surface area contributed by atoms with E-state index in [2.05, 4.69) is 0 Å². The summed E-state index contributed by atoms with van der Waals surface area (Å²) in [5.41, 5.74) is 0.108. The summed E-state index contributed by atoms with van der Waals surface area (Å²) < 4.78 is 0. The van der Waals surface area contributed by atoms with E-state index in [1.54, 1.807) is 4.90 Å². The van der Waals surface area contributed by atoms with Gasteiger partial charge in [0.15, 0.2) is 0 Å². The minimum absolute atomic E-state index is 0.0440. The van der Waals surface area contributed by atoms with Crippen LogP contribution in [0, 0.1) is 0 Å². The molecule has 4 nitrogen and oxygen atoms in total. The topological polar surface area (TPSA) is 60.8 Å². The third-order valence-electron chi connectivity index (χ3n) is 2.63. The molecule has 0 aliphatic carbocycles. The average Bonchev–Trinajstić information content (AvgIpc) is 2.36. The zero-order valence-corrected chi connectivity index (χ0v) is 11.2. The summed E-state index contributed by atoms with van der Waals surface area (Å²) in [6.45, 7) is 3.06. The van der Waals surface area contributed by atoms with Crippen molar-refractivity contribution in [3.63, 3.8) is 0 Å². The molecule has 18 heavy (non-hydrogen) atoms. The molecule has 0 fully saturated rings. The van der Waals surface area contributed by atoms with E-state index < -0.39 is 0 Å². The van der Waals surface area contributed by atoms with Gasteiger partial charge in [-0.25, -0.2) is 0 Å². The maximum absolute atomic E-state index is 12.2. The van der Waals surface area contributed by atoms with Crippen LogP contribution in [0.5, 0.6) is 11.5 Å². The molecule has 5 heteroatoms. The van der Waals surface area contributed by atoms with Crippen LogP contribution in [0.15, 0.2) is 18.2 Å². The van der Waals surface area contributed by atoms with Crippen molar-refractivity contribution in [2.45, 2.75) is 19.8 Å². The predicted molar refractivity (Wildman–Crippen MR) is 71.3 cm³/mol. The number of alkyl halides is 1. The second-order valence-electron chi connectivity index (χ2n) is 4.04. The molecule has 1 rings (SSSR count). The van der Waals surface area contributed by atoms with Gasteiger partial charge >= 0.3 is 0 Å². The van der Waals surface area contributed by atoms with Crippen molar-refractivity contribution in [3.8, 4) is 11.5 Å². The Hall–Kier alpha value is -1.42. The number of nitrogens with zero attached hydrogens (tertiary/aromatic N) is 1. The Morgan fingerprint density at radius 2 is 2.06 bits per heavy atom. The van der Waals surface area contributed by atoms with Gasteiger partial charge in [-0.1, -0.05) is 13.3 Å². The number of halogens is 1. The summed E-state index contributed by atoms with van der Waals surface area (Å²) in [5.74, 6) is -0.140. The van der Waals surface area contributed by atoms with Crippen LogP contribution in [0.4, 0.5) is 0 Å². The van der Waals surface area contributed by atoms with E-state index in [4.69, 9.17) is 11.6 Å². The fourth-order valence-electron chi connectivity index (χ4n) is 1.63. The van der Waals surface area contributed by atoms with Crippen LogP contribution >= 0.6 is 11.6 Å². The van der Waals surface area contributed by atoms with Crippen molar-refractivity contribution in [1.82, 2.24) is 4.90 Å². The Bertz CT molecular complexity index is 409. The lowest BCUT2D eigenvalue weighted by molar-refractivity contribution is 0.0760. The first-order valence-corrected chi connectivity index (χ1v) is 6.50. The maximum atomic E-state index is 12.2. The first-order chi connectivity index (χ1) is 8.60. The largest absolute Gasteiger partial charge is 0.508 e. The van der Waals surface area contributed by atoms with Gasteiger partial charge in [-0.2, -0.15) is 0 Å². The zero-order chi connectivity index (χ0) is 13.5. The number of phenolic OH excluding ortho intramolecular Hbond substituents is 2. The predicted octanol–water partition coefficient (Wildman–Crippen LogP) is 2.58. The highest BCUT2D eigenvalue weighted by Gasteiger charge is 2.18.